The average Bonchev–Trinajstić information content (AvgIpc) is 2.62. The van der Waals surface area contributed by atoms with Gasteiger partial charge in [-0.1, -0.05) is 35.3 Å². The second kappa shape index (κ2) is 10.1. The van der Waals surface area contributed by atoms with Gasteiger partial charge in [-0.2, -0.15) is 0 Å². The zero-order valence-electron chi connectivity index (χ0n) is 15.6. The maximum atomic E-state index is 11.5. The number of nitrogens with zero attached hydrogens (tertiary/aromatic N) is 1. The second-order valence-corrected chi connectivity index (χ2v) is 9.10. The third kappa shape index (κ3) is 6.98. The predicted octanol–water partition coefficient (Wildman–Crippen LogP) is 3.19. The molecule has 152 valence electrons. The van der Waals surface area contributed by atoms with E-state index in [-0.39, 0.29) is 11.4 Å². The molecule has 2 rings (SSSR count). The maximum Gasteiger partial charge on any atom is 0.191 e. The minimum Gasteiger partial charge on any atom is -0.387 e. The van der Waals surface area contributed by atoms with Gasteiger partial charge in [0.05, 0.1) is 17.5 Å². The fourth-order valence-electron chi connectivity index (χ4n) is 2.43. The van der Waals surface area contributed by atoms with Crippen LogP contribution in [0, 0.1) is 0 Å². The van der Waals surface area contributed by atoms with Gasteiger partial charge in [0.15, 0.2) is 15.8 Å². The molecule has 6 nitrogen and oxygen atoms in total. The highest BCUT2D eigenvalue weighted by Crippen LogP contribution is 2.23. The lowest BCUT2D eigenvalue weighted by Gasteiger charge is -2.16. The topological polar surface area (TPSA) is 90.8 Å². The molecule has 0 amide bonds. The van der Waals surface area contributed by atoms with Crippen molar-refractivity contribution < 1.29 is 13.5 Å². The average molecular weight is 444 g/mol. The molecule has 1 unspecified atom stereocenters. The van der Waals surface area contributed by atoms with E-state index < -0.39 is 15.9 Å². The molecule has 1 atom stereocenters. The van der Waals surface area contributed by atoms with Gasteiger partial charge >= 0.3 is 0 Å². The number of halogens is 2. The van der Waals surface area contributed by atoms with E-state index in [1.54, 1.807) is 42.5 Å². The van der Waals surface area contributed by atoms with Crippen LogP contribution in [-0.2, 0) is 16.4 Å². The van der Waals surface area contributed by atoms with Gasteiger partial charge in [-0.05, 0) is 48.4 Å². The summed E-state index contributed by atoms with van der Waals surface area (Å²) in [4.78, 5) is 4.73. The van der Waals surface area contributed by atoms with Gasteiger partial charge in [-0.15, -0.1) is 0 Å². The van der Waals surface area contributed by atoms with Crippen molar-refractivity contribution in [3.8, 4) is 0 Å². The quantitative estimate of drug-likeness (QED) is 0.451. The van der Waals surface area contributed by atoms with Crippen LogP contribution in [0.3, 0.4) is 0 Å². The fourth-order valence-corrected chi connectivity index (χ4v) is 3.61. The zero-order chi connectivity index (χ0) is 20.7. The molecule has 2 aromatic carbocycles. The number of aliphatic hydroxyl groups excluding tert-OH is 1. The first-order valence-electron chi connectivity index (χ1n) is 8.64. The van der Waals surface area contributed by atoms with Gasteiger partial charge in [0.2, 0.25) is 0 Å². The van der Waals surface area contributed by atoms with E-state index in [0.29, 0.717) is 34.7 Å². The van der Waals surface area contributed by atoms with E-state index in [0.717, 1.165) is 5.56 Å². The van der Waals surface area contributed by atoms with Crippen molar-refractivity contribution in [3.63, 3.8) is 0 Å². The molecule has 9 heteroatoms. The highest BCUT2D eigenvalue weighted by molar-refractivity contribution is 7.90. The highest BCUT2D eigenvalue weighted by Gasteiger charge is 2.11. The van der Waals surface area contributed by atoms with Gasteiger partial charge in [0.25, 0.3) is 0 Å². The van der Waals surface area contributed by atoms with E-state index in [4.69, 9.17) is 23.2 Å². The van der Waals surface area contributed by atoms with Crippen molar-refractivity contribution >= 4 is 39.0 Å². The fraction of sp³-hybridized carbons (Fsp3) is 0.316. The molecule has 0 aromatic heterocycles. The number of guanidine groups is 1. The summed E-state index contributed by atoms with van der Waals surface area (Å²) in [6, 6.07) is 11.5. The number of sulfone groups is 1. The predicted molar refractivity (Wildman–Crippen MR) is 114 cm³/mol. The Bertz CT molecular complexity index is 912. The smallest absolute Gasteiger partial charge is 0.191 e. The molecule has 0 spiro atoms. The van der Waals surface area contributed by atoms with Gasteiger partial charge in [-0.25, -0.2) is 13.4 Å². The number of hydrogen-bond donors (Lipinski definition) is 3. The van der Waals surface area contributed by atoms with Crippen molar-refractivity contribution in [3.05, 3.63) is 63.6 Å². The van der Waals surface area contributed by atoms with E-state index in [9.17, 15) is 13.5 Å². The molecule has 28 heavy (non-hydrogen) atoms. The largest absolute Gasteiger partial charge is 0.387 e. The first-order valence-corrected chi connectivity index (χ1v) is 11.3. The van der Waals surface area contributed by atoms with E-state index >= 15 is 0 Å². The minimum atomic E-state index is -3.22. The summed E-state index contributed by atoms with van der Waals surface area (Å²) in [6.45, 7) is 3.16. The summed E-state index contributed by atoms with van der Waals surface area (Å²) in [6.07, 6.45) is 0.361. The van der Waals surface area contributed by atoms with Crippen LogP contribution < -0.4 is 10.6 Å². The van der Waals surface area contributed by atoms with Crippen LogP contribution in [0.25, 0.3) is 0 Å². The molecule has 0 saturated heterocycles. The molecule has 0 heterocycles. The summed E-state index contributed by atoms with van der Waals surface area (Å²) in [5, 5.41) is 17.4. The molecule has 3 N–H and O–H groups in total. The van der Waals surface area contributed by atoms with Gasteiger partial charge in [0.1, 0.15) is 0 Å². The Balaban J connectivity index is 2.01. The standard InChI is InChI=1S/C19H23Cl2N3O3S/c1-3-22-19(23-11-13-4-6-17(7-5-13)28(2,26)27)24-12-18(25)14-8-15(20)10-16(21)9-14/h4-10,18,25H,3,11-12H2,1-2H3,(H2,22,23,24). The van der Waals surface area contributed by atoms with Crippen molar-refractivity contribution in [2.45, 2.75) is 24.5 Å². The first kappa shape index (κ1) is 22.5. The molecule has 0 fully saturated rings. The Kier molecular flexibility index (Phi) is 8.12. The first-order chi connectivity index (χ1) is 13.2. The van der Waals surface area contributed by atoms with E-state index in [1.807, 2.05) is 6.92 Å². The van der Waals surface area contributed by atoms with E-state index in [2.05, 4.69) is 15.6 Å². The van der Waals surface area contributed by atoms with E-state index in [1.165, 1.54) is 6.26 Å². The van der Waals surface area contributed by atoms with Crippen molar-refractivity contribution in [2.24, 2.45) is 4.99 Å². The summed E-state index contributed by atoms with van der Waals surface area (Å²) < 4.78 is 23.0. The Morgan fingerprint density at radius 2 is 1.71 bits per heavy atom. The summed E-state index contributed by atoms with van der Waals surface area (Å²) in [7, 11) is -3.22. The summed E-state index contributed by atoms with van der Waals surface area (Å²) in [5.74, 6) is 0.530. The monoisotopic (exact) mass is 443 g/mol. The molecule has 0 aliphatic heterocycles. The molecule has 0 radical (unpaired) electrons. The molecule has 0 aliphatic carbocycles. The Labute approximate surface area is 175 Å². The van der Waals surface area contributed by atoms with Crippen LogP contribution in [0.5, 0.6) is 0 Å². The van der Waals surface area contributed by atoms with Crippen LogP contribution in [0.2, 0.25) is 10.0 Å². The van der Waals surface area contributed by atoms with Crippen LogP contribution in [0.1, 0.15) is 24.2 Å². The third-order valence-corrected chi connectivity index (χ3v) is 5.41. The molecule has 0 saturated carbocycles. The molecule has 2 aromatic rings. The van der Waals surface area contributed by atoms with Gasteiger partial charge < -0.3 is 15.7 Å². The maximum absolute atomic E-state index is 11.5. The Morgan fingerprint density at radius 3 is 2.25 bits per heavy atom. The normalized spacial score (nSPS) is 13.2. The third-order valence-electron chi connectivity index (χ3n) is 3.85. The van der Waals surface area contributed by atoms with Crippen molar-refractivity contribution in [1.29, 1.82) is 0 Å². The number of nitrogens with one attached hydrogen (secondary N) is 2. The van der Waals surface area contributed by atoms with Crippen molar-refractivity contribution in [1.82, 2.24) is 10.6 Å². The SMILES string of the molecule is CCNC(=NCc1ccc(S(C)(=O)=O)cc1)NCC(O)c1cc(Cl)cc(Cl)c1. The highest BCUT2D eigenvalue weighted by atomic mass is 35.5. The van der Waals surface area contributed by atoms with Crippen LogP contribution in [0.15, 0.2) is 52.4 Å². The van der Waals surface area contributed by atoms with Crippen molar-refractivity contribution in [2.75, 3.05) is 19.3 Å². The summed E-state index contributed by atoms with van der Waals surface area (Å²) >= 11 is 11.9. The lowest BCUT2D eigenvalue weighted by Crippen LogP contribution is -2.39. The molecule has 0 bridgehead atoms. The number of aliphatic imine (C=N–C) groups is 1. The Morgan fingerprint density at radius 1 is 1.11 bits per heavy atom. The molecular formula is C19H23Cl2N3O3S. The number of rotatable bonds is 7. The number of aliphatic hydroxyl groups is 1. The minimum absolute atomic E-state index is 0.218. The lowest BCUT2D eigenvalue weighted by molar-refractivity contribution is 0.181. The number of hydrogen-bond acceptors (Lipinski definition) is 4. The van der Waals surface area contributed by atoms with Gasteiger partial charge in [-0.3, -0.25) is 0 Å². The van der Waals surface area contributed by atoms with Crippen LogP contribution in [-0.4, -0.2) is 38.8 Å². The zero-order valence-corrected chi connectivity index (χ0v) is 17.9. The molecular weight excluding hydrogens is 421 g/mol. The van der Waals surface area contributed by atoms with Crippen LogP contribution >= 0.6 is 23.2 Å². The second-order valence-electron chi connectivity index (χ2n) is 6.21. The van der Waals surface area contributed by atoms with Gasteiger partial charge in [0, 0.05) is 29.4 Å². The molecule has 0 aliphatic rings. The number of benzene rings is 2. The lowest BCUT2D eigenvalue weighted by atomic mass is 10.1. The van der Waals surface area contributed by atoms with Crippen LogP contribution in [0.4, 0.5) is 0 Å². The summed E-state index contributed by atoms with van der Waals surface area (Å²) in [5.41, 5.74) is 1.48. The Hall–Kier alpha value is -1.80.